The number of halogens is 1. The molecule has 1 aromatic rings. The van der Waals surface area contributed by atoms with Crippen LogP contribution in [0.25, 0.3) is 0 Å². The molecular formula is C15H21ClN2O2. The molecule has 0 saturated heterocycles. The highest BCUT2D eigenvalue weighted by Gasteiger charge is 2.08. The van der Waals surface area contributed by atoms with Crippen LogP contribution in [-0.4, -0.2) is 31.8 Å². The molecule has 0 fully saturated rings. The molecule has 1 aromatic carbocycles. The molecule has 0 atom stereocenters. The second kappa shape index (κ2) is 8.59. The van der Waals surface area contributed by atoms with Gasteiger partial charge in [0.2, 0.25) is 0 Å². The van der Waals surface area contributed by atoms with Crippen LogP contribution >= 0.6 is 12.4 Å². The van der Waals surface area contributed by atoms with E-state index in [9.17, 15) is 4.79 Å². The van der Waals surface area contributed by atoms with Gasteiger partial charge in [-0.1, -0.05) is 6.42 Å². The van der Waals surface area contributed by atoms with Gasteiger partial charge >= 0.3 is 0 Å². The van der Waals surface area contributed by atoms with E-state index < -0.39 is 0 Å². The summed E-state index contributed by atoms with van der Waals surface area (Å²) in [5.74, 6) is 1.81. The van der Waals surface area contributed by atoms with Crippen LogP contribution in [0.2, 0.25) is 0 Å². The van der Waals surface area contributed by atoms with Crippen LogP contribution in [0.3, 0.4) is 0 Å². The summed E-state index contributed by atoms with van der Waals surface area (Å²) in [4.78, 5) is 16.5. The van der Waals surface area contributed by atoms with E-state index in [4.69, 9.17) is 4.74 Å². The molecule has 0 spiro atoms. The number of aliphatic imine (C=N–C) groups is 1. The Kier molecular flexibility index (Phi) is 7.09. The first kappa shape index (κ1) is 16.5. The molecule has 0 saturated carbocycles. The lowest BCUT2D eigenvalue weighted by Gasteiger charge is -2.08. The first-order chi connectivity index (χ1) is 9.29. The molecule has 110 valence electrons. The van der Waals surface area contributed by atoms with Gasteiger partial charge in [0.15, 0.2) is 5.78 Å². The van der Waals surface area contributed by atoms with E-state index in [0.29, 0.717) is 12.1 Å². The Balaban J connectivity index is 0.00000200. The zero-order valence-corrected chi connectivity index (χ0v) is 12.5. The minimum Gasteiger partial charge on any atom is -0.497 e. The Hall–Kier alpha value is -1.55. The summed E-state index contributed by atoms with van der Waals surface area (Å²) in [5, 5.41) is 3.16. The van der Waals surface area contributed by atoms with Crippen LogP contribution in [0.1, 0.15) is 36.0 Å². The summed E-state index contributed by atoms with van der Waals surface area (Å²) in [6.07, 6.45) is 4.48. The number of nitrogens with zero attached hydrogens (tertiary/aromatic N) is 1. The maximum atomic E-state index is 12.0. The Morgan fingerprint density at radius 2 is 2.00 bits per heavy atom. The average Bonchev–Trinajstić information content (AvgIpc) is 2.73. The summed E-state index contributed by atoms with van der Waals surface area (Å²) in [5.41, 5.74) is 0.697. The third-order valence-electron chi connectivity index (χ3n) is 3.24. The molecule has 1 heterocycles. The summed E-state index contributed by atoms with van der Waals surface area (Å²) in [6, 6.07) is 7.18. The van der Waals surface area contributed by atoms with Crippen molar-refractivity contribution in [3.8, 4) is 5.75 Å². The molecule has 5 heteroatoms. The molecule has 4 nitrogen and oxygen atoms in total. The highest BCUT2D eigenvalue weighted by atomic mass is 35.5. The van der Waals surface area contributed by atoms with E-state index in [1.807, 2.05) is 0 Å². The number of hydrogen-bond donors (Lipinski definition) is 1. The molecule has 20 heavy (non-hydrogen) atoms. The smallest absolute Gasteiger partial charge is 0.181 e. The molecule has 0 amide bonds. The second-order valence-corrected chi connectivity index (χ2v) is 4.64. The molecule has 0 unspecified atom stereocenters. The molecule has 1 aliphatic rings. The van der Waals surface area contributed by atoms with Crippen molar-refractivity contribution in [1.29, 1.82) is 0 Å². The van der Waals surface area contributed by atoms with E-state index in [2.05, 4.69) is 10.3 Å². The fourth-order valence-electron chi connectivity index (χ4n) is 2.08. The largest absolute Gasteiger partial charge is 0.497 e. The number of hydrogen-bond acceptors (Lipinski definition) is 4. The van der Waals surface area contributed by atoms with Crippen molar-refractivity contribution in [2.45, 2.75) is 25.7 Å². The minimum absolute atomic E-state index is 0. The number of methoxy groups -OCH3 is 1. The molecule has 1 aliphatic heterocycles. The lowest BCUT2D eigenvalue weighted by molar-refractivity contribution is 0.0996. The van der Waals surface area contributed by atoms with E-state index in [-0.39, 0.29) is 18.2 Å². The van der Waals surface area contributed by atoms with Crippen molar-refractivity contribution < 1.29 is 9.53 Å². The van der Waals surface area contributed by atoms with Gasteiger partial charge < -0.3 is 10.1 Å². The lowest BCUT2D eigenvalue weighted by Crippen LogP contribution is -2.29. The fourth-order valence-corrected chi connectivity index (χ4v) is 2.08. The predicted octanol–water partition coefficient (Wildman–Crippen LogP) is 2.86. The number of carbonyl (C=O) groups excluding carboxylic acids is 1. The van der Waals surface area contributed by atoms with Gasteiger partial charge in [-0.3, -0.25) is 9.79 Å². The highest BCUT2D eigenvalue weighted by molar-refractivity contribution is 5.99. The minimum atomic E-state index is 0. The van der Waals surface area contributed by atoms with Gasteiger partial charge in [-0.2, -0.15) is 0 Å². The molecule has 0 radical (unpaired) electrons. The van der Waals surface area contributed by atoms with Gasteiger partial charge in [0.1, 0.15) is 5.75 Å². The highest BCUT2D eigenvalue weighted by Crippen LogP contribution is 2.11. The molecule has 0 bridgehead atoms. The predicted molar refractivity (Wildman–Crippen MR) is 83.3 cm³/mol. The van der Waals surface area contributed by atoms with Crippen LogP contribution < -0.4 is 10.1 Å². The van der Waals surface area contributed by atoms with Gasteiger partial charge in [0, 0.05) is 18.5 Å². The summed E-state index contributed by atoms with van der Waals surface area (Å²) >= 11 is 0. The summed E-state index contributed by atoms with van der Waals surface area (Å²) in [6.45, 7) is 1.18. The molecule has 0 aromatic heterocycles. The first-order valence-corrected chi connectivity index (χ1v) is 6.74. The fraction of sp³-hybridized carbons (Fsp3) is 0.467. The van der Waals surface area contributed by atoms with Crippen molar-refractivity contribution in [1.82, 2.24) is 5.32 Å². The Morgan fingerprint density at radius 1 is 1.25 bits per heavy atom. The summed E-state index contributed by atoms with van der Waals surface area (Å²) < 4.78 is 5.07. The second-order valence-electron chi connectivity index (χ2n) is 4.64. The standard InChI is InChI=1S/C15H20N2O2.ClH/c1-19-13-8-6-12(7-9-13)14(18)11-17-15-5-3-2-4-10-16-15;/h6-9H,2-5,10-11H2,1H3,(H,16,17);1H. The van der Waals surface area contributed by atoms with Crippen molar-refractivity contribution in [3.05, 3.63) is 29.8 Å². The Bertz CT molecular complexity index is 457. The number of amidine groups is 1. The van der Waals surface area contributed by atoms with Gasteiger partial charge in [0.25, 0.3) is 0 Å². The number of benzene rings is 1. The molecule has 1 N–H and O–H groups in total. The number of rotatable bonds is 4. The number of carbonyl (C=O) groups is 1. The zero-order valence-electron chi connectivity index (χ0n) is 11.7. The maximum absolute atomic E-state index is 12.0. The monoisotopic (exact) mass is 296 g/mol. The number of nitrogens with one attached hydrogen (secondary N) is 1. The molecule has 2 rings (SSSR count). The van der Waals surface area contributed by atoms with Crippen LogP contribution in [0, 0.1) is 0 Å². The van der Waals surface area contributed by atoms with Crippen molar-refractivity contribution in [2.24, 2.45) is 4.99 Å². The van der Waals surface area contributed by atoms with E-state index >= 15 is 0 Å². The topological polar surface area (TPSA) is 50.7 Å². The van der Waals surface area contributed by atoms with Crippen LogP contribution in [0.5, 0.6) is 5.75 Å². The number of ether oxygens (including phenoxy) is 1. The van der Waals surface area contributed by atoms with Gasteiger partial charge in [-0.05, 0) is 37.1 Å². The summed E-state index contributed by atoms with van der Waals surface area (Å²) in [7, 11) is 1.61. The lowest BCUT2D eigenvalue weighted by atomic mass is 10.1. The van der Waals surface area contributed by atoms with Crippen LogP contribution in [0.4, 0.5) is 0 Å². The maximum Gasteiger partial charge on any atom is 0.181 e. The van der Waals surface area contributed by atoms with Gasteiger partial charge in [0.05, 0.1) is 19.5 Å². The van der Waals surface area contributed by atoms with E-state index in [1.54, 1.807) is 31.4 Å². The number of ketones is 1. The van der Waals surface area contributed by atoms with E-state index in [0.717, 1.165) is 37.4 Å². The zero-order chi connectivity index (χ0) is 13.5. The number of Topliss-reactive ketones (excluding diaryl/α,β-unsaturated/α-hetero) is 1. The molecular weight excluding hydrogens is 276 g/mol. The third-order valence-corrected chi connectivity index (χ3v) is 3.24. The normalized spacial score (nSPS) is 14.6. The van der Waals surface area contributed by atoms with E-state index in [1.165, 1.54) is 6.42 Å². The van der Waals surface area contributed by atoms with Crippen LogP contribution in [0.15, 0.2) is 29.3 Å². The van der Waals surface area contributed by atoms with Crippen molar-refractivity contribution >= 4 is 24.0 Å². The average molecular weight is 297 g/mol. The third kappa shape index (κ3) is 4.85. The first-order valence-electron chi connectivity index (χ1n) is 6.74. The van der Waals surface area contributed by atoms with Crippen molar-refractivity contribution in [3.63, 3.8) is 0 Å². The molecule has 0 aliphatic carbocycles. The Labute approximate surface area is 126 Å². The Morgan fingerprint density at radius 3 is 2.70 bits per heavy atom. The van der Waals surface area contributed by atoms with Gasteiger partial charge in [-0.15, -0.1) is 12.4 Å². The van der Waals surface area contributed by atoms with Crippen molar-refractivity contribution in [2.75, 3.05) is 20.2 Å². The van der Waals surface area contributed by atoms with Crippen LogP contribution in [-0.2, 0) is 0 Å². The SMILES string of the molecule is COc1ccc(C(=O)CNC2=NCCCCC2)cc1.Cl. The quantitative estimate of drug-likeness (QED) is 0.869. The van der Waals surface area contributed by atoms with Gasteiger partial charge in [-0.25, -0.2) is 0 Å².